The van der Waals surface area contributed by atoms with Gasteiger partial charge in [-0.15, -0.1) is 0 Å². The minimum absolute atomic E-state index is 0.0230. The van der Waals surface area contributed by atoms with Gasteiger partial charge in [-0.05, 0) is 43.5 Å². The summed E-state index contributed by atoms with van der Waals surface area (Å²) in [6.07, 6.45) is 1.77. The van der Waals surface area contributed by atoms with E-state index in [9.17, 15) is 14.4 Å². The van der Waals surface area contributed by atoms with Crippen LogP contribution in [0.5, 0.6) is 5.75 Å². The third-order valence-corrected chi connectivity index (χ3v) is 4.57. The molecule has 0 aliphatic carbocycles. The molecule has 0 saturated carbocycles. The maximum Gasteiger partial charge on any atom is 0.305 e. The van der Waals surface area contributed by atoms with Gasteiger partial charge in [0, 0.05) is 31.6 Å². The van der Waals surface area contributed by atoms with Crippen molar-refractivity contribution in [3.05, 3.63) is 29.8 Å². The average Bonchev–Trinajstić information content (AvgIpc) is 2.65. The molecule has 27 heavy (non-hydrogen) atoms. The molecule has 0 aromatic heterocycles. The highest BCUT2D eigenvalue weighted by atomic mass is 16.5. The average molecular weight is 377 g/mol. The second kappa shape index (κ2) is 10.1. The molecule has 1 fully saturated rings. The van der Waals surface area contributed by atoms with Crippen LogP contribution >= 0.6 is 0 Å². The molecule has 1 aromatic carbocycles. The fraction of sp³-hybridized carbons (Fsp3) is 0.550. The number of hydrogen-bond donors (Lipinski definition) is 2. The van der Waals surface area contributed by atoms with Gasteiger partial charge in [-0.2, -0.15) is 0 Å². The molecule has 2 rings (SSSR count). The smallest absolute Gasteiger partial charge is 0.305 e. The van der Waals surface area contributed by atoms with Crippen molar-refractivity contribution in [2.75, 3.05) is 19.8 Å². The van der Waals surface area contributed by atoms with Crippen LogP contribution in [0.25, 0.3) is 0 Å². The number of aliphatic carboxylic acids is 1. The fourth-order valence-electron chi connectivity index (χ4n) is 3.08. The minimum atomic E-state index is -0.960. The number of Topliss-reactive ketones (excluding diaryl/α,β-unsaturated/α-hetero) is 1. The molecular formula is C20H27NO6. The van der Waals surface area contributed by atoms with Gasteiger partial charge in [0.25, 0.3) is 0 Å². The zero-order valence-electron chi connectivity index (χ0n) is 15.7. The number of carbonyl (C=O) groups excluding carboxylic acids is 2. The van der Waals surface area contributed by atoms with Crippen LogP contribution in [-0.2, 0) is 14.3 Å². The Morgan fingerprint density at radius 3 is 2.41 bits per heavy atom. The maximum atomic E-state index is 12.3. The van der Waals surface area contributed by atoms with Crippen molar-refractivity contribution < 1.29 is 29.0 Å². The molecule has 2 N–H and O–H groups in total. The summed E-state index contributed by atoms with van der Waals surface area (Å²) < 4.78 is 10.8. The largest absolute Gasteiger partial charge is 0.494 e. The first kappa shape index (κ1) is 20.9. The van der Waals surface area contributed by atoms with Crippen LogP contribution in [0.15, 0.2) is 24.3 Å². The third kappa shape index (κ3) is 6.67. The summed E-state index contributed by atoms with van der Waals surface area (Å²) in [5.41, 5.74) is -0.263. The summed E-state index contributed by atoms with van der Waals surface area (Å²) in [4.78, 5) is 35.7. The predicted octanol–water partition coefficient (Wildman–Crippen LogP) is 2.58. The van der Waals surface area contributed by atoms with E-state index in [1.54, 1.807) is 24.3 Å². The van der Waals surface area contributed by atoms with Gasteiger partial charge in [-0.1, -0.05) is 6.92 Å². The van der Waals surface area contributed by atoms with Crippen LogP contribution in [0.3, 0.4) is 0 Å². The SMILES string of the molecule is CCCOc1ccc(C(=O)CCC(=O)NC2(CC(=O)O)CCOCC2)cc1. The Balaban J connectivity index is 1.86. The molecule has 1 aliphatic heterocycles. The first-order valence-corrected chi connectivity index (χ1v) is 9.31. The zero-order chi connectivity index (χ0) is 19.7. The van der Waals surface area contributed by atoms with Gasteiger partial charge >= 0.3 is 5.97 Å². The van der Waals surface area contributed by atoms with Crippen molar-refractivity contribution in [3.63, 3.8) is 0 Å². The van der Waals surface area contributed by atoms with E-state index in [1.165, 1.54) is 0 Å². The Morgan fingerprint density at radius 2 is 1.81 bits per heavy atom. The number of rotatable bonds is 10. The molecule has 7 nitrogen and oxygen atoms in total. The molecule has 1 heterocycles. The van der Waals surface area contributed by atoms with Crippen molar-refractivity contribution in [1.82, 2.24) is 5.32 Å². The Kier molecular flexibility index (Phi) is 7.79. The van der Waals surface area contributed by atoms with E-state index in [4.69, 9.17) is 14.6 Å². The number of amides is 1. The molecule has 0 unspecified atom stereocenters. The minimum Gasteiger partial charge on any atom is -0.494 e. The molecule has 0 bridgehead atoms. The van der Waals surface area contributed by atoms with E-state index < -0.39 is 11.5 Å². The molecule has 0 radical (unpaired) electrons. The van der Waals surface area contributed by atoms with Crippen molar-refractivity contribution >= 4 is 17.7 Å². The highest BCUT2D eigenvalue weighted by molar-refractivity contribution is 5.98. The molecule has 1 amide bonds. The van der Waals surface area contributed by atoms with Crippen molar-refractivity contribution in [2.24, 2.45) is 0 Å². The van der Waals surface area contributed by atoms with Gasteiger partial charge in [0.2, 0.25) is 5.91 Å². The molecule has 0 spiro atoms. The number of ether oxygens (including phenoxy) is 2. The molecule has 1 aromatic rings. The number of benzene rings is 1. The Hall–Kier alpha value is -2.41. The van der Waals surface area contributed by atoms with Crippen LogP contribution in [-0.4, -0.2) is 48.1 Å². The Morgan fingerprint density at radius 1 is 1.15 bits per heavy atom. The number of carboxylic acid groups (broad SMARTS) is 1. The lowest BCUT2D eigenvalue weighted by Crippen LogP contribution is -2.53. The number of nitrogens with one attached hydrogen (secondary N) is 1. The van der Waals surface area contributed by atoms with Gasteiger partial charge < -0.3 is 19.9 Å². The van der Waals surface area contributed by atoms with Crippen LogP contribution in [0.2, 0.25) is 0 Å². The molecular weight excluding hydrogens is 350 g/mol. The molecule has 7 heteroatoms. The summed E-state index contributed by atoms with van der Waals surface area (Å²) >= 11 is 0. The van der Waals surface area contributed by atoms with Crippen molar-refractivity contribution in [3.8, 4) is 5.75 Å². The summed E-state index contributed by atoms with van der Waals surface area (Å²) in [7, 11) is 0. The fourth-order valence-corrected chi connectivity index (χ4v) is 3.08. The number of ketones is 1. The van der Waals surface area contributed by atoms with Gasteiger partial charge in [0.1, 0.15) is 5.75 Å². The summed E-state index contributed by atoms with van der Waals surface area (Å²) in [6.45, 7) is 3.47. The van der Waals surface area contributed by atoms with Crippen LogP contribution in [0, 0.1) is 0 Å². The first-order valence-electron chi connectivity index (χ1n) is 9.31. The predicted molar refractivity (Wildman–Crippen MR) is 99.0 cm³/mol. The topological polar surface area (TPSA) is 102 Å². The van der Waals surface area contributed by atoms with Gasteiger partial charge in [-0.25, -0.2) is 0 Å². The number of carbonyl (C=O) groups is 3. The van der Waals surface area contributed by atoms with Crippen molar-refractivity contribution in [2.45, 2.75) is 51.0 Å². The van der Waals surface area contributed by atoms with E-state index in [0.29, 0.717) is 44.0 Å². The highest BCUT2D eigenvalue weighted by Crippen LogP contribution is 2.25. The summed E-state index contributed by atoms with van der Waals surface area (Å²) in [5.74, 6) is -0.694. The van der Waals surface area contributed by atoms with Gasteiger partial charge in [0.15, 0.2) is 5.78 Å². The molecule has 1 saturated heterocycles. The third-order valence-electron chi connectivity index (χ3n) is 4.57. The quantitative estimate of drug-likeness (QED) is 0.608. The van der Waals surface area contributed by atoms with Gasteiger partial charge in [0.05, 0.1) is 18.6 Å². The molecule has 148 valence electrons. The van der Waals surface area contributed by atoms with Crippen LogP contribution in [0.4, 0.5) is 0 Å². The maximum absolute atomic E-state index is 12.3. The Bertz CT molecular complexity index is 649. The van der Waals surface area contributed by atoms with E-state index in [1.807, 2.05) is 6.92 Å². The van der Waals surface area contributed by atoms with E-state index in [-0.39, 0.29) is 31.0 Å². The van der Waals surface area contributed by atoms with Gasteiger partial charge in [-0.3, -0.25) is 14.4 Å². The lowest BCUT2D eigenvalue weighted by molar-refractivity contribution is -0.140. The van der Waals surface area contributed by atoms with E-state index in [0.717, 1.165) is 6.42 Å². The highest BCUT2D eigenvalue weighted by Gasteiger charge is 2.36. The summed E-state index contributed by atoms with van der Waals surface area (Å²) in [5, 5.41) is 12.0. The Labute approximate surface area is 159 Å². The van der Waals surface area contributed by atoms with Crippen molar-refractivity contribution in [1.29, 1.82) is 0 Å². The molecule has 0 atom stereocenters. The molecule has 1 aliphatic rings. The van der Waals surface area contributed by atoms with E-state index >= 15 is 0 Å². The van der Waals surface area contributed by atoms with Crippen LogP contribution < -0.4 is 10.1 Å². The first-order chi connectivity index (χ1) is 12.9. The van der Waals surface area contributed by atoms with E-state index in [2.05, 4.69) is 5.32 Å². The number of hydrogen-bond acceptors (Lipinski definition) is 5. The second-order valence-electron chi connectivity index (χ2n) is 6.81. The normalized spacial score (nSPS) is 15.7. The summed E-state index contributed by atoms with van der Waals surface area (Å²) in [6, 6.07) is 6.87. The zero-order valence-corrected chi connectivity index (χ0v) is 15.7. The second-order valence-corrected chi connectivity index (χ2v) is 6.81. The lowest BCUT2D eigenvalue weighted by atomic mass is 9.86. The monoisotopic (exact) mass is 377 g/mol. The van der Waals surface area contributed by atoms with Crippen LogP contribution in [0.1, 0.15) is 55.8 Å². The standard InChI is InChI=1S/C20H27NO6/c1-2-11-27-16-5-3-15(4-6-16)17(22)7-8-18(23)21-20(14-19(24)25)9-12-26-13-10-20/h3-6H,2,7-14H2,1H3,(H,21,23)(H,24,25). The lowest BCUT2D eigenvalue weighted by Gasteiger charge is -2.36. The number of carboxylic acids is 1.